The molecule has 1 aliphatic rings. The number of carbonyl (C=O) groups excluding carboxylic acids is 2. The summed E-state index contributed by atoms with van der Waals surface area (Å²) in [5.74, 6) is 0.913. The summed E-state index contributed by atoms with van der Waals surface area (Å²) < 4.78 is 23.9. The smallest absolute Gasteiger partial charge is 0.342 e. The highest BCUT2D eigenvalue weighted by Crippen LogP contribution is 2.33. The van der Waals surface area contributed by atoms with Crippen molar-refractivity contribution in [1.29, 1.82) is 0 Å². The Balaban J connectivity index is 1.51. The molecule has 2 heterocycles. The van der Waals surface area contributed by atoms with E-state index in [2.05, 4.69) is 0 Å². The van der Waals surface area contributed by atoms with Crippen molar-refractivity contribution < 1.29 is 28.5 Å². The van der Waals surface area contributed by atoms with Gasteiger partial charge in [0, 0.05) is 33.6 Å². The molecule has 0 unspecified atom stereocenters. The van der Waals surface area contributed by atoms with Crippen LogP contribution in [0.4, 0.5) is 0 Å². The number of aromatic nitrogens is 1. The second-order valence-electron chi connectivity index (χ2n) is 7.51. The molecule has 0 radical (unpaired) electrons. The summed E-state index contributed by atoms with van der Waals surface area (Å²) in [6, 6.07) is 12.7. The predicted octanol–water partition coefficient (Wildman–Crippen LogP) is 4.64. The third-order valence-electron chi connectivity index (χ3n) is 5.48. The van der Waals surface area contributed by atoms with E-state index in [1.165, 1.54) is 7.11 Å². The number of ether oxygens (including phenoxy) is 4. The molecule has 0 saturated carbocycles. The zero-order chi connectivity index (χ0) is 23.5. The number of thioether (sulfide) groups is 1. The molecule has 4 rings (SSSR count). The monoisotopic (exact) mass is 467 g/mol. The lowest BCUT2D eigenvalue weighted by Gasteiger charge is -2.20. The van der Waals surface area contributed by atoms with Gasteiger partial charge in [-0.25, -0.2) is 4.79 Å². The van der Waals surface area contributed by atoms with Crippen LogP contribution in [-0.4, -0.2) is 49.5 Å². The molecule has 0 saturated heterocycles. The highest BCUT2D eigenvalue weighted by atomic mass is 32.2. The van der Waals surface area contributed by atoms with Crippen molar-refractivity contribution in [3.05, 3.63) is 65.0 Å². The van der Waals surface area contributed by atoms with Crippen LogP contribution in [0.15, 0.2) is 47.4 Å². The van der Waals surface area contributed by atoms with Crippen LogP contribution >= 0.6 is 11.8 Å². The Morgan fingerprint density at radius 2 is 1.76 bits per heavy atom. The molecule has 1 aliphatic heterocycles. The number of hydrogen-bond donors (Lipinski definition) is 0. The molecule has 33 heavy (non-hydrogen) atoms. The number of esters is 1. The maximum atomic E-state index is 12.9. The van der Waals surface area contributed by atoms with Crippen molar-refractivity contribution >= 4 is 23.5 Å². The minimum atomic E-state index is -0.603. The SMILES string of the molecule is COc1cc(SC)ccc1C(=O)OCC(=O)c1cc(C)n(-c2ccc3c(c2)OCCO3)c1C. The van der Waals surface area contributed by atoms with E-state index in [1.54, 1.807) is 30.0 Å². The highest BCUT2D eigenvalue weighted by Gasteiger charge is 2.21. The van der Waals surface area contributed by atoms with Crippen LogP contribution in [0.2, 0.25) is 0 Å². The molecule has 0 fully saturated rings. The van der Waals surface area contributed by atoms with Crippen LogP contribution in [0.3, 0.4) is 0 Å². The van der Waals surface area contributed by atoms with Gasteiger partial charge in [0.25, 0.3) is 0 Å². The standard InChI is InChI=1S/C25H25NO6S/c1-15-11-20(16(2)26(15)17-5-8-22-24(12-17)31-10-9-30-22)21(27)14-32-25(28)19-7-6-18(33-4)13-23(19)29-3/h5-8,11-13H,9-10,14H2,1-4H3. The van der Waals surface area contributed by atoms with Crippen LogP contribution in [0.5, 0.6) is 17.2 Å². The molecule has 0 bridgehead atoms. The zero-order valence-electron chi connectivity index (χ0n) is 19.0. The minimum Gasteiger partial charge on any atom is -0.496 e. The molecular formula is C25H25NO6S. The van der Waals surface area contributed by atoms with Crippen LogP contribution < -0.4 is 14.2 Å². The molecule has 1 aromatic heterocycles. The number of fused-ring (bicyclic) bond motifs is 1. The molecule has 2 aromatic carbocycles. The first-order valence-electron chi connectivity index (χ1n) is 10.4. The molecule has 0 amide bonds. The molecule has 0 N–H and O–H groups in total. The molecule has 0 spiro atoms. The van der Waals surface area contributed by atoms with Gasteiger partial charge in [-0.2, -0.15) is 0 Å². The van der Waals surface area contributed by atoms with Crippen molar-refractivity contribution in [2.24, 2.45) is 0 Å². The van der Waals surface area contributed by atoms with E-state index >= 15 is 0 Å². The molecule has 0 aliphatic carbocycles. The average Bonchev–Trinajstić information content (AvgIpc) is 3.15. The van der Waals surface area contributed by atoms with Gasteiger partial charge in [-0.3, -0.25) is 4.79 Å². The van der Waals surface area contributed by atoms with Gasteiger partial charge in [0.1, 0.15) is 24.5 Å². The number of ketones is 1. The number of aryl methyl sites for hydroxylation is 1. The molecule has 172 valence electrons. The molecule has 7 nitrogen and oxygen atoms in total. The van der Waals surface area contributed by atoms with Crippen molar-refractivity contribution in [3.8, 4) is 22.9 Å². The Hall–Kier alpha value is -3.39. The molecule has 0 atom stereocenters. The average molecular weight is 468 g/mol. The third kappa shape index (κ3) is 4.57. The lowest BCUT2D eigenvalue weighted by atomic mass is 10.1. The second kappa shape index (κ2) is 9.62. The number of hydrogen-bond acceptors (Lipinski definition) is 7. The van der Waals surface area contributed by atoms with Gasteiger partial charge in [0.15, 0.2) is 18.1 Å². The van der Waals surface area contributed by atoms with E-state index < -0.39 is 5.97 Å². The van der Waals surface area contributed by atoms with E-state index in [-0.39, 0.29) is 18.0 Å². The summed E-state index contributed by atoms with van der Waals surface area (Å²) in [5.41, 5.74) is 3.29. The van der Waals surface area contributed by atoms with E-state index in [1.807, 2.05) is 48.9 Å². The van der Waals surface area contributed by atoms with Gasteiger partial charge in [0.05, 0.1) is 7.11 Å². The van der Waals surface area contributed by atoms with Crippen LogP contribution in [-0.2, 0) is 4.74 Å². The van der Waals surface area contributed by atoms with Crippen LogP contribution in [0.1, 0.15) is 32.1 Å². The first-order chi connectivity index (χ1) is 15.9. The molecular weight excluding hydrogens is 442 g/mol. The van der Waals surface area contributed by atoms with Gasteiger partial charge < -0.3 is 23.5 Å². The lowest BCUT2D eigenvalue weighted by molar-refractivity contribution is 0.0471. The maximum absolute atomic E-state index is 12.9. The normalized spacial score (nSPS) is 12.4. The summed E-state index contributed by atoms with van der Waals surface area (Å²) in [4.78, 5) is 26.5. The topological polar surface area (TPSA) is 76.0 Å². The van der Waals surface area contributed by atoms with E-state index in [0.717, 1.165) is 22.0 Å². The Morgan fingerprint density at radius 1 is 1.00 bits per heavy atom. The van der Waals surface area contributed by atoms with Gasteiger partial charge >= 0.3 is 5.97 Å². The van der Waals surface area contributed by atoms with E-state index in [0.29, 0.717) is 36.0 Å². The molecule has 3 aromatic rings. The molecule has 8 heteroatoms. The summed E-state index contributed by atoms with van der Waals surface area (Å²) in [6.07, 6.45) is 1.94. The predicted molar refractivity (Wildman–Crippen MR) is 126 cm³/mol. The summed E-state index contributed by atoms with van der Waals surface area (Å²) in [6.45, 7) is 4.45. The number of rotatable bonds is 7. The van der Waals surface area contributed by atoms with Gasteiger partial charge in [0.2, 0.25) is 5.78 Å². The second-order valence-corrected chi connectivity index (χ2v) is 8.39. The minimum absolute atomic E-state index is 0.278. The van der Waals surface area contributed by atoms with Gasteiger partial charge in [-0.15, -0.1) is 11.8 Å². The quantitative estimate of drug-likeness (QED) is 0.285. The van der Waals surface area contributed by atoms with E-state index in [9.17, 15) is 9.59 Å². The Kier molecular flexibility index (Phi) is 6.65. The lowest BCUT2D eigenvalue weighted by Crippen LogP contribution is -2.16. The first kappa shape index (κ1) is 22.8. The largest absolute Gasteiger partial charge is 0.496 e. The number of methoxy groups -OCH3 is 1. The first-order valence-corrected chi connectivity index (χ1v) is 11.7. The highest BCUT2D eigenvalue weighted by molar-refractivity contribution is 7.98. The maximum Gasteiger partial charge on any atom is 0.342 e. The Labute approximate surface area is 196 Å². The van der Waals surface area contributed by atoms with Gasteiger partial charge in [-0.05, 0) is 56.5 Å². The summed E-state index contributed by atoms with van der Waals surface area (Å²) >= 11 is 1.54. The summed E-state index contributed by atoms with van der Waals surface area (Å²) in [7, 11) is 1.49. The number of Topliss-reactive ketones (excluding diaryl/α,β-unsaturated/α-hetero) is 1. The van der Waals surface area contributed by atoms with E-state index in [4.69, 9.17) is 18.9 Å². The zero-order valence-corrected chi connectivity index (χ0v) is 19.8. The van der Waals surface area contributed by atoms with Crippen LogP contribution in [0, 0.1) is 13.8 Å². The van der Waals surface area contributed by atoms with Crippen molar-refractivity contribution in [3.63, 3.8) is 0 Å². The number of carbonyl (C=O) groups is 2. The fraction of sp³-hybridized carbons (Fsp3) is 0.280. The van der Waals surface area contributed by atoms with Gasteiger partial charge in [-0.1, -0.05) is 0 Å². The number of benzene rings is 2. The van der Waals surface area contributed by atoms with Crippen LogP contribution in [0.25, 0.3) is 5.69 Å². The summed E-state index contributed by atoms with van der Waals surface area (Å²) in [5, 5.41) is 0. The Morgan fingerprint density at radius 3 is 2.48 bits per heavy atom. The Bertz CT molecular complexity index is 1220. The number of nitrogens with zero attached hydrogens (tertiary/aromatic N) is 1. The fourth-order valence-corrected chi connectivity index (χ4v) is 4.30. The third-order valence-corrected chi connectivity index (χ3v) is 6.20. The van der Waals surface area contributed by atoms with Crippen molar-refractivity contribution in [2.75, 3.05) is 33.2 Å². The van der Waals surface area contributed by atoms with Crippen molar-refractivity contribution in [1.82, 2.24) is 4.57 Å². The fourth-order valence-electron chi connectivity index (χ4n) is 3.87. The van der Waals surface area contributed by atoms with Crippen molar-refractivity contribution in [2.45, 2.75) is 18.7 Å².